The average Bonchev–Trinajstić information content (AvgIpc) is 2.87. The van der Waals surface area contributed by atoms with Gasteiger partial charge < -0.3 is 10.0 Å². The molecule has 1 fully saturated rings. The molecule has 0 saturated carbocycles. The van der Waals surface area contributed by atoms with Gasteiger partial charge in [0.15, 0.2) is 0 Å². The molecule has 1 saturated heterocycles. The lowest BCUT2D eigenvalue weighted by Crippen LogP contribution is -2.47. The molecule has 0 aliphatic carbocycles. The van der Waals surface area contributed by atoms with E-state index in [9.17, 15) is 4.79 Å². The van der Waals surface area contributed by atoms with Crippen LogP contribution in [0, 0.1) is 11.8 Å². The largest absolute Gasteiger partial charge is 0.395 e. The van der Waals surface area contributed by atoms with Crippen LogP contribution in [0.5, 0.6) is 0 Å². The van der Waals surface area contributed by atoms with Gasteiger partial charge in [-0.1, -0.05) is 11.8 Å². The second-order valence-electron chi connectivity index (χ2n) is 4.82. The van der Waals surface area contributed by atoms with Crippen molar-refractivity contribution in [3.63, 3.8) is 0 Å². The molecule has 108 valence electrons. The number of aliphatic hydroxyl groups is 1. The Hall–Kier alpha value is -1.35. The number of thiophene rings is 1. The van der Waals surface area contributed by atoms with Crippen molar-refractivity contribution in [3.05, 3.63) is 21.9 Å². The predicted molar refractivity (Wildman–Crippen MR) is 80.4 cm³/mol. The number of amides is 1. The molecular formula is C15H20N2O2S. The summed E-state index contributed by atoms with van der Waals surface area (Å²) >= 11 is 1.71. The third kappa shape index (κ3) is 4.34. The Kier molecular flexibility index (Phi) is 5.60. The number of carbonyl (C=O) groups excluding carboxylic acids is 1. The Morgan fingerprint density at radius 1 is 1.35 bits per heavy atom. The van der Waals surface area contributed by atoms with Crippen molar-refractivity contribution in [1.29, 1.82) is 0 Å². The molecule has 1 N–H and O–H groups in total. The molecule has 1 aliphatic rings. The molecule has 20 heavy (non-hydrogen) atoms. The van der Waals surface area contributed by atoms with Crippen molar-refractivity contribution >= 4 is 17.2 Å². The Bertz CT molecular complexity index is 507. The first-order valence-corrected chi connectivity index (χ1v) is 7.67. The fourth-order valence-corrected chi connectivity index (χ4v) is 3.10. The molecule has 0 spiro atoms. The van der Waals surface area contributed by atoms with Gasteiger partial charge in [0.05, 0.1) is 11.5 Å². The quantitative estimate of drug-likeness (QED) is 0.850. The molecule has 0 atom stereocenters. The van der Waals surface area contributed by atoms with Crippen LogP contribution in [-0.2, 0) is 11.3 Å². The van der Waals surface area contributed by atoms with Crippen molar-refractivity contribution in [2.45, 2.75) is 19.9 Å². The van der Waals surface area contributed by atoms with E-state index >= 15 is 0 Å². The molecule has 2 rings (SSSR count). The molecule has 2 heterocycles. The van der Waals surface area contributed by atoms with E-state index in [4.69, 9.17) is 5.11 Å². The molecule has 5 heteroatoms. The van der Waals surface area contributed by atoms with Crippen molar-refractivity contribution in [1.82, 2.24) is 9.80 Å². The fraction of sp³-hybridized carbons (Fsp3) is 0.533. The Labute approximate surface area is 124 Å². The average molecular weight is 292 g/mol. The van der Waals surface area contributed by atoms with E-state index in [1.54, 1.807) is 18.3 Å². The summed E-state index contributed by atoms with van der Waals surface area (Å²) < 4.78 is 0. The minimum atomic E-state index is 0.117. The van der Waals surface area contributed by atoms with Crippen LogP contribution in [0.4, 0.5) is 0 Å². The van der Waals surface area contributed by atoms with Crippen molar-refractivity contribution in [3.8, 4) is 11.8 Å². The highest BCUT2D eigenvalue weighted by molar-refractivity contribution is 7.12. The predicted octanol–water partition coefficient (Wildman–Crippen LogP) is 1.15. The molecule has 0 aromatic carbocycles. The summed E-state index contributed by atoms with van der Waals surface area (Å²) in [6.07, 6.45) is 0.528. The van der Waals surface area contributed by atoms with Gasteiger partial charge in [0.25, 0.3) is 0 Å². The van der Waals surface area contributed by atoms with Crippen LogP contribution in [-0.4, -0.2) is 53.6 Å². The van der Waals surface area contributed by atoms with Crippen LogP contribution >= 0.6 is 11.3 Å². The molecule has 0 radical (unpaired) electrons. The minimum Gasteiger partial charge on any atom is -0.395 e. The maximum Gasteiger partial charge on any atom is 0.219 e. The topological polar surface area (TPSA) is 43.8 Å². The number of nitrogens with zero attached hydrogens (tertiary/aromatic N) is 2. The number of piperazine rings is 1. The van der Waals surface area contributed by atoms with Crippen molar-refractivity contribution < 1.29 is 9.90 Å². The SMILES string of the molecule is CC(=O)N1CCN(Cc2ccc(C#CCCO)s2)CC1. The molecule has 1 amide bonds. The number of hydrogen-bond donors (Lipinski definition) is 1. The summed E-state index contributed by atoms with van der Waals surface area (Å²) in [6.45, 7) is 6.19. The van der Waals surface area contributed by atoms with Crippen LogP contribution in [0.25, 0.3) is 0 Å². The summed E-state index contributed by atoms with van der Waals surface area (Å²) in [5.41, 5.74) is 0. The lowest BCUT2D eigenvalue weighted by atomic mass is 10.3. The van der Waals surface area contributed by atoms with Gasteiger partial charge in [-0.05, 0) is 12.1 Å². The summed E-state index contributed by atoms with van der Waals surface area (Å²) in [5.74, 6) is 6.17. The summed E-state index contributed by atoms with van der Waals surface area (Å²) in [7, 11) is 0. The van der Waals surface area contributed by atoms with Gasteiger partial charge in [-0.25, -0.2) is 0 Å². The fourth-order valence-electron chi connectivity index (χ4n) is 2.18. The number of rotatable bonds is 3. The van der Waals surface area contributed by atoms with Crippen LogP contribution < -0.4 is 0 Å². The molecular weight excluding hydrogens is 272 g/mol. The number of carbonyl (C=O) groups is 1. The molecule has 1 aliphatic heterocycles. The normalized spacial score (nSPS) is 15.8. The van der Waals surface area contributed by atoms with E-state index in [0.717, 1.165) is 37.6 Å². The Morgan fingerprint density at radius 2 is 2.10 bits per heavy atom. The van der Waals surface area contributed by atoms with Crippen LogP contribution in [0.2, 0.25) is 0 Å². The van der Waals surface area contributed by atoms with E-state index < -0.39 is 0 Å². The van der Waals surface area contributed by atoms with Crippen LogP contribution in [0.1, 0.15) is 23.1 Å². The maximum atomic E-state index is 11.3. The highest BCUT2D eigenvalue weighted by Gasteiger charge is 2.18. The van der Waals surface area contributed by atoms with Gasteiger partial charge in [0.1, 0.15) is 0 Å². The van der Waals surface area contributed by atoms with Gasteiger partial charge in [0, 0.05) is 50.9 Å². The van der Waals surface area contributed by atoms with E-state index in [1.165, 1.54) is 4.88 Å². The zero-order valence-corrected chi connectivity index (χ0v) is 12.6. The summed E-state index contributed by atoms with van der Waals surface area (Å²) in [6, 6.07) is 4.15. The first-order chi connectivity index (χ1) is 9.69. The molecule has 1 aromatic rings. The maximum absolute atomic E-state index is 11.3. The van der Waals surface area contributed by atoms with Gasteiger partial charge >= 0.3 is 0 Å². The zero-order chi connectivity index (χ0) is 14.4. The van der Waals surface area contributed by atoms with Crippen molar-refractivity contribution in [2.24, 2.45) is 0 Å². The van der Waals surface area contributed by atoms with E-state index in [1.807, 2.05) is 11.0 Å². The van der Waals surface area contributed by atoms with Crippen molar-refractivity contribution in [2.75, 3.05) is 32.8 Å². The third-order valence-corrected chi connectivity index (χ3v) is 4.29. The molecule has 0 bridgehead atoms. The summed E-state index contributed by atoms with van der Waals surface area (Å²) in [5, 5.41) is 8.69. The Morgan fingerprint density at radius 3 is 2.75 bits per heavy atom. The van der Waals surface area contributed by atoms with Gasteiger partial charge in [0.2, 0.25) is 5.91 Å². The van der Waals surface area contributed by atoms with E-state index in [-0.39, 0.29) is 12.5 Å². The Balaban J connectivity index is 1.83. The first kappa shape index (κ1) is 15.0. The minimum absolute atomic E-state index is 0.117. The molecule has 0 unspecified atom stereocenters. The lowest BCUT2D eigenvalue weighted by Gasteiger charge is -2.33. The number of aliphatic hydroxyl groups excluding tert-OH is 1. The number of hydrogen-bond acceptors (Lipinski definition) is 4. The second kappa shape index (κ2) is 7.44. The van der Waals surface area contributed by atoms with E-state index in [0.29, 0.717) is 6.42 Å². The highest BCUT2D eigenvalue weighted by Crippen LogP contribution is 2.18. The third-order valence-electron chi connectivity index (χ3n) is 3.31. The lowest BCUT2D eigenvalue weighted by molar-refractivity contribution is -0.130. The van der Waals surface area contributed by atoms with E-state index in [2.05, 4.69) is 22.8 Å². The zero-order valence-electron chi connectivity index (χ0n) is 11.8. The van der Waals surface area contributed by atoms with Crippen LogP contribution in [0.15, 0.2) is 12.1 Å². The standard InChI is InChI=1S/C15H20N2O2S/c1-13(19)17-9-7-16(8-10-17)12-15-6-5-14(20-15)4-2-3-11-18/h5-6,18H,3,7-12H2,1H3. The second-order valence-corrected chi connectivity index (χ2v) is 5.99. The molecule has 1 aromatic heterocycles. The van der Waals surface area contributed by atoms with Gasteiger partial charge in [-0.15, -0.1) is 11.3 Å². The smallest absolute Gasteiger partial charge is 0.219 e. The first-order valence-electron chi connectivity index (χ1n) is 6.85. The monoisotopic (exact) mass is 292 g/mol. The highest BCUT2D eigenvalue weighted by atomic mass is 32.1. The van der Waals surface area contributed by atoms with Gasteiger partial charge in [-0.3, -0.25) is 9.69 Å². The summed E-state index contributed by atoms with van der Waals surface area (Å²) in [4.78, 5) is 17.9. The van der Waals surface area contributed by atoms with Gasteiger partial charge in [-0.2, -0.15) is 0 Å². The van der Waals surface area contributed by atoms with Crippen LogP contribution in [0.3, 0.4) is 0 Å². The molecule has 4 nitrogen and oxygen atoms in total.